The van der Waals surface area contributed by atoms with Crippen LogP contribution >= 0.6 is 11.8 Å². The van der Waals surface area contributed by atoms with Gasteiger partial charge in [0.15, 0.2) is 0 Å². The number of carbonyl (C=O) groups is 1. The van der Waals surface area contributed by atoms with Crippen molar-refractivity contribution in [1.29, 1.82) is 0 Å². The molecule has 0 bridgehead atoms. The van der Waals surface area contributed by atoms with Crippen LogP contribution in [0.4, 0.5) is 0 Å². The first-order chi connectivity index (χ1) is 7.06. The molecule has 0 radical (unpaired) electrons. The molecule has 0 heterocycles. The lowest BCUT2D eigenvalue weighted by Gasteiger charge is -2.26. The van der Waals surface area contributed by atoms with Crippen LogP contribution in [0.5, 0.6) is 0 Å². The molecule has 0 aliphatic heterocycles. The zero-order chi connectivity index (χ0) is 11.7. The molecule has 3 nitrogen and oxygen atoms in total. The molecule has 1 atom stereocenters. The van der Waals surface area contributed by atoms with Crippen molar-refractivity contribution in [2.75, 3.05) is 18.1 Å². The van der Waals surface area contributed by atoms with Gasteiger partial charge in [0.1, 0.15) is 5.54 Å². The van der Waals surface area contributed by atoms with Crippen LogP contribution in [0, 0.1) is 0 Å². The van der Waals surface area contributed by atoms with Crippen LogP contribution in [0.3, 0.4) is 0 Å². The van der Waals surface area contributed by atoms with Gasteiger partial charge in [-0.3, -0.25) is 4.79 Å². The van der Waals surface area contributed by atoms with Crippen molar-refractivity contribution < 1.29 is 9.90 Å². The number of carboxylic acids is 1. The number of hydrogen-bond acceptors (Lipinski definition) is 3. The summed E-state index contributed by atoms with van der Waals surface area (Å²) in [6, 6.07) is 0. The van der Waals surface area contributed by atoms with Gasteiger partial charge in [-0.15, -0.1) is 0 Å². The summed E-state index contributed by atoms with van der Waals surface area (Å²) in [6.45, 7) is 6.72. The molecule has 0 saturated heterocycles. The fourth-order valence-electron chi connectivity index (χ4n) is 1.19. The third kappa shape index (κ3) is 6.05. The number of carboxylic acid groups (broad SMARTS) is 1. The predicted octanol–water partition coefficient (Wildman–Crippen LogP) is 2.36. The summed E-state index contributed by atoms with van der Waals surface area (Å²) in [7, 11) is 0. The van der Waals surface area contributed by atoms with Crippen LogP contribution in [0.25, 0.3) is 0 Å². The highest BCUT2D eigenvalue weighted by molar-refractivity contribution is 7.99. The second-order valence-corrected chi connectivity index (χ2v) is 5.15. The van der Waals surface area contributed by atoms with Crippen molar-refractivity contribution >= 4 is 17.7 Å². The fraction of sp³-hybridized carbons (Fsp3) is 0.909. The number of rotatable bonds is 9. The molecule has 1 unspecified atom stereocenters. The van der Waals surface area contributed by atoms with E-state index >= 15 is 0 Å². The fourth-order valence-corrected chi connectivity index (χ4v) is 2.24. The van der Waals surface area contributed by atoms with E-state index in [0.717, 1.165) is 30.9 Å². The van der Waals surface area contributed by atoms with Crippen molar-refractivity contribution in [3.63, 3.8) is 0 Å². The van der Waals surface area contributed by atoms with Gasteiger partial charge in [0.25, 0.3) is 0 Å². The molecule has 0 spiro atoms. The van der Waals surface area contributed by atoms with Gasteiger partial charge in [0.2, 0.25) is 0 Å². The Bertz CT molecular complexity index is 187. The maximum absolute atomic E-state index is 11.1. The van der Waals surface area contributed by atoms with Gasteiger partial charge in [0.05, 0.1) is 0 Å². The van der Waals surface area contributed by atoms with Crippen LogP contribution in [0.15, 0.2) is 0 Å². The van der Waals surface area contributed by atoms with Crippen molar-refractivity contribution in [3.05, 3.63) is 0 Å². The Hall–Kier alpha value is -0.220. The molecule has 0 rings (SSSR count). The van der Waals surface area contributed by atoms with Crippen molar-refractivity contribution in [2.45, 2.75) is 45.6 Å². The molecule has 0 aromatic carbocycles. The van der Waals surface area contributed by atoms with Gasteiger partial charge in [-0.05, 0) is 44.2 Å². The van der Waals surface area contributed by atoms with Gasteiger partial charge in [-0.2, -0.15) is 11.8 Å². The molecule has 90 valence electrons. The molecular weight excluding hydrogens is 210 g/mol. The lowest BCUT2D eigenvalue weighted by molar-refractivity contribution is -0.144. The third-order valence-electron chi connectivity index (χ3n) is 2.33. The first kappa shape index (κ1) is 14.8. The molecule has 0 aromatic heterocycles. The molecule has 4 heteroatoms. The maximum Gasteiger partial charge on any atom is 0.323 e. The first-order valence-corrected chi connectivity index (χ1v) is 6.78. The Balaban J connectivity index is 3.96. The van der Waals surface area contributed by atoms with Crippen LogP contribution < -0.4 is 5.32 Å². The zero-order valence-corrected chi connectivity index (χ0v) is 10.8. The van der Waals surface area contributed by atoms with Gasteiger partial charge in [0, 0.05) is 0 Å². The summed E-state index contributed by atoms with van der Waals surface area (Å²) in [4.78, 5) is 11.1. The van der Waals surface area contributed by atoms with E-state index in [1.54, 1.807) is 6.92 Å². The highest BCUT2D eigenvalue weighted by atomic mass is 32.2. The maximum atomic E-state index is 11.1. The number of nitrogens with one attached hydrogen (secondary N) is 1. The summed E-state index contributed by atoms with van der Waals surface area (Å²) in [6.07, 6.45) is 2.80. The Labute approximate surface area is 97.0 Å². The van der Waals surface area contributed by atoms with Crippen LogP contribution in [-0.4, -0.2) is 34.7 Å². The number of hydrogen-bond donors (Lipinski definition) is 2. The van der Waals surface area contributed by atoms with Crippen molar-refractivity contribution in [1.82, 2.24) is 5.32 Å². The normalized spacial score (nSPS) is 14.9. The quantitative estimate of drug-likeness (QED) is 0.600. The summed E-state index contributed by atoms with van der Waals surface area (Å²) in [5.41, 5.74) is -0.753. The molecule has 0 aromatic rings. The van der Waals surface area contributed by atoms with Crippen LogP contribution in [0.2, 0.25) is 0 Å². The first-order valence-electron chi connectivity index (χ1n) is 5.63. The SMILES string of the molecule is CCCNC(C)(CCSCCC)C(=O)O. The minimum atomic E-state index is -0.753. The highest BCUT2D eigenvalue weighted by Crippen LogP contribution is 2.15. The molecule has 0 saturated carbocycles. The van der Waals surface area contributed by atoms with E-state index in [-0.39, 0.29) is 0 Å². The van der Waals surface area contributed by atoms with E-state index < -0.39 is 11.5 Å². The molecule has 15 heavy (non-hydrogen) atoms. The highest BCUT2D eigenvalue weighted by Gasteiger charge is 2.31. The molecular formula is C11H23NO2S. The minimum absolute atomic E-state index is 0.688. The Morgan fingerprint density at radius 3 is 2.47 bits per heavy atom. The van der Waals surface area contributed by atoms with E-state index in [1.807, 2.05) is 18.7 Å². The van der Waals surface area contributed by atoms with E-state index in [9.17, 15) is 4.79 Å². The Morgan fingerprint density at radius 2 is 2.00 bits per heavy atom. The van der Waals surface area contributed by atoms with Crippen LogP contribution in [-0.2, 0) is 4.79 Å². The standard InChI is InChI=1S/C11H23NO2S/c1-4-7-12-11(3,10(13)14)6-9-15-8-5-2/h12H,4-9H2,1-3H3,(H,13,14). The lowest BCUT2D eigenvalue weighted by Crippen LogP contribution is -2.50. The van der Waals surface area contributed by atoms with Crippen molar-refractivity contribution in [3.8, 4) is 0 Å². The van der Waals surface area contributed by atoms with Crippen LogP contribution in [0.1, 0.15) is 40.0 Å². The van der Waals surface area contributed by atoms with Gasteiger partial charge in [-0.25, -0.2) is 0 Å². The van der Waals surface area contributed by atoms with E-state index in [4.69, 9.17) is 5.11 Å². The Morgan fingerprint density at radius 1 is 1.33 bits per heavy atom. The minimum Gasteiger partial charge on any atom is -0.480 e. The lowest BCUT2D eigenvalue weighted by atomic mass is 9.99. The molecule has 0 amide bonds. The largest absolute Gasteiger partial charge is 0.480 e. The van der Waals surface area contributed by atoms with E-state index in [0.29, 0.717) is 6.42 Å². The monoisotopic (exact) mass is 233 g/mol. The van der Waals surface area contributed by atoms with Crippen molar-refractivity contribution in [2.24, 2.45) is 0 Å². The summed E-state index contributed by atoms with van der Waals surface area (Å²) < 4.78 is 0. The predicted molar refractivity (Wildman–Crippen MR) is 66.6 cm³/mol. The molecule has 0 aliphatic rings. The average molecular weight is 233 g/mol. The average Bonchev–Trinajstić information content (AvgIpc) is 2.21. The molecule has 0 fully saturated rings. The molecule has 2 N–H and O–H groups in total. The number of thioether (sulfide) groups is 1. The second kappa shape index (κ2) is 7.99. The smallest absolute Gasteiger partial charge is 0.323 e. The zero-order valence-electron chi connectivity index (χ0n) is 10.0. The second-order valence-electron chi connectivity index (χ2n) is 3.93. The van der Waals surface area contributed by atoms with Gasteiger partial charge in [-0.1, -0.05) is 13.8 Å². The van der Waals surface area contributed by atoms with E-state index in [2.05, 4.69) is 12.2 Å². The summed E-state index contributed by atoms with van der Waals surface area (Å²) in [5.74, 6) is 1.28. The Kier molecular flexibility index (Phi) is 7.88. The topological polar surface area (TPSA) is 49.3 Å². The van der Waals surface area contributed by atoms with E-state index in [1.165, 1.54) is 0 Å². The summed E-state index contributed by atoms with van der Waals surface area (Å²) in [5, 5.41) is 12.3. The third-order valence-corrected chi connectivity index (χ3v) is 3.52. The van der Waals surface area contributed by atoms with Gasteiger partial charge < -0.3 is 10.4 Å². The van der Waals surface area contributed by atoms with Gasteiger partial charge >= 0.3 is 5.97 Å². The number of aliphatic carboxylic acids is 1. The molecule has 0 aliphatic carbocycles. The summed E-state index contributed by atoms with van der Waals surface area (Å²) >= 11 is 1.83.